The number of hydrazone groups is 1. The van der Waals surface area contributed by atoms with E-state index in [1.807, 2.05) is 33.8 Å². The van der Waals surface area contributed by atoms with E-state index in [0.717, 1.165) is 10.4 Å². The van der Waals surface area contributed by atoms with E-state index >= 15 is 0 Å². The van der Waals surface area contributed by atoms with Gasteiger partial charge in [0.25, 0.3) is 5.91 Å². The molecule has 4 aromatic rings. The summed E-state index contributed by atoms with van der Waals surface area (Å²) in [7, 11) is 0. The Morgan fingerprint density at radius 1 is 1.27 bits per heavy atom. The molecule has 33 heavy (non-hydrogen) atoms. The molecule has 4 rings (SSSR count). The average Bonchev–Trinajstić information content (AvgIpc) is 3.50. The van der Waals surface area contributed by atoms with Crippen LogP contribution in [0, 0.1) is 13.8 Å². The molecule has 3 aromatic heterocycles. The highest BCUT2D eigenvalue weighted by Crippen LogP contribution is 2.28. The van der Waals surface area contributed by atoms with Gasteiger partial charge in [0, 0.05) is 20.9 Å². The Balaban J connectivity index is 1.71. The van der Waals surface area contributed by atoms with Crippen LogP contribution < -0.4 is 15.9 Å². The predicted octanol–water partition coefficient (Wildman–Crippen LogP) is 3.13. The number of carbonyl (C=O) groups is 1. The molecule has 0 aliphatic heterocycles. The fourth-order valence-electron chi connectivity index (χ4n) is 3.29. The Labute approximate surface area is 193 Å². The van der Waals surface area contributed by atoms with Crippen molar-refractivity contribution in [3.63, 3.8) is 0 Å². The molecule has 3 heterocycles. The lowest BCUT2D eigenvalue weighted by molar-refractivity contribution is 0.0950. The summed E-state index contributed by atoms with van der Waals surface area (Å²) in [6, 6.07) is 9.17. The Morgan fingerprint density at radius 3 is 2.64 bits per heavy atom. The highest BCUT2D eigenvalue weighted by atomic mass is 32.1. The predicted molar refractivity (Wildman–Crippen MR) is 124 cm³/mol. The number of aromatic nitrogens is 5. The molecule has 0 atom stereocenters. The van der Waals surface area contributed by atoms with E-state index in [2.05, 4.69) is 31.2 Å². The van der Waals surface area contributed by atoms with Crippen molar-refractivity contribution in [3.05, 3.63) is 51.3 Å². The van der Waals surface area contributed by atoms with Gasteiger partial charge in [0.05, 0.1) is 12.3 Å². The van der Waals surface area contributed by atoms with Crippen LogP contribution in [0.25, 0.3) is 17.1 Å². The lowest BCUT2D eigenvalue weighted by atomic mass is 10.1. The minimum Gasteiger partial charge on any atom is -0.494 e. The quantitative estimate of drug-likeness (QED) is 0.312. The van der Waals surface area contributed by atoms with Crippen LogP contribution in [0.5, 0.6) is 5.75 Å². The number of ether oxygens (including phenoxy) is 1. The summed E-state index contributed by atoms with van der Waals surface area (Å²) in [4.78, 5) is 15.3. The van der Waals surface area contributed by atoms with Crippen molar-refractivity contribution in [1.82, 2.24) is 30.7 Å². The molecule has 0 unspecified atom stereocenters. The van der Waals surface area contributed by atoms with Crippen molar-refractivity contribution in [2.24, 2.45) is 5.10 Å². The zero-order valence-corrected chi connectivity index (χ0v) is 19.3. The van der Waals surface area contributed by atoms with E-state index in [1.165, 1.54) is 9.56 Å². The number of nitrogens with two attached hydrogens (primary N) is 1. The number of nitrogen functional groups attached to an aromatic ring is 1. The summed E-state index contributed by atoms with van der Waals surface area (Å²) in [5.41, 5.74) is 11.1. The minimum atomic E-state index is -0.538. The normalized spacial score (nSPS) is 11.6. The first-order valence-electron chi connectivity index (χ1n) is 10.1. The van der Waals surface area contributed by atoms with Gasteiger partial charge in [0.15, 0.2) is 5.69 Å². The maximum absolute atomic E-state index is 13.1. The largest absolute Gasteiger partial charge is 0.494 e. The van der Waals surface area contributed by atoms with Gasteiger partial charge in [-0.3, -0.25) is 4.79 Å². The summed E-state index contributed by atoms with van der Waals surface area (Å²) in [6.07, 6.45) is 0. The smallest absolute Gasteiger partial charge is 0.294 e. The molecule has 12 heteroatoms. The number of thiophene rings is 1. The monoisotopic (exact) mass is 466 g/mol. The molecule has 170 valence electrons. The molecule has 0 bridgehead atoms. The van der Waals surface area contributed by atoms with Gasteiger partial charge in [-0.1, -0.05) is 5.21 Å². The minimum absolute atomic E-state index is 0.0104. The number of nitrogens with one attached hydrogen (secondary N) is 1. The van der Waals surface area contributed by atoms with E-state index in [1.54, 1.807) is 35.6 Å². The number of carbonyl (C=O) groups excluding carboxylic acids is 1. The van der Waals surface area contributed by atoms with Gasteiger partial charge >= 0.3 is 0 Å². The van der Waals surface area contributed by atoms with Crippen molar-refractivity contribution >= 4 is 28.8 Å². The highest BCUT2D eigenvalue weighted by molar-refractivity contribution is 7.12. The molecule has 0 aliphatic carbocycles. The van der Waals surface area contributed by atoms with E-state index in [-0.39, 0.29) is 17.3 Å². The Hall–Kier alpha value is -4.06. The standard InChI is InChI=1S/C21H22N8O3S/c1-5-31-15-8-6-14(7-9-15)18-17(24-28-29(18)20-19(22)26-32-27-20)21(30)25-23-12(3)16-10-11(2)33-13(16)4/h6-10H,5H2,1-4H3,(H2,22,26)(H,25,30). The number of amides is 1. The van der Waals surface area contributed by atoms with Gasteiger partial charge in [-0.05, 0) is 68.3 Å². The van der Waals surface area contributed by atoms with Crippen LogP contribution >= 0.6 is 11.3 Å². The molecule has 0 fully saturated rings. The molecule has 11 nitrogen and oxygen atoms in total. The van der Waals surface area contributed by atoms with Crippen molar-refractivity contribution in [2.75, 3.05) is 12.3 Å². The maximum atomic E-state index is 13.1. The molecule has 0 spiro atoms. The van der Waals surface area contributed by atoms with E-state index in [4.69, 9.17) is 15.1 Å². The lowest BCUT2D eigenvalue weighted by Gasteiger charge is -2.08. The van der Waals surface area contributed by atoms with Gasteiger partial charge < -0.3 is 10.5 Å². The number of benzene rings is 1. The Morgan fingerprint density at radius 2 is 2.03 bits per heavy atom. The average molecular weight is 467 g/mol. The van der Waals surface area contributed by atoms with E-state index in [0.29, 0.717) is 29.3 Å². The third-order valence-electron chi connectivity index (χ3n) is 4.78. The number of anilines is 1. The van der Waals surface area contributed by atoms with Crippen molar-refractivity contribution in [1.29, 1.82) is 0 Å². The zero-order chi connectivity index (χ0) is 23.5. The Kier molecular flexibility index (Phi) is 6.18. The van der Waals surface area contributed by atoms with Crippen molar-refractivity contribution < 1.29 is 14.2 Å². The van der Waals surface area contributed by atoms with Gasteiger partial charge in [0.2, 0.25) is 11.6 Å². The lowest BCUT2D eigenvalue weighted by Crippen LogP contribution is -2.21. The fourth-order valence-corrected chi connectivity index (χ4v) is 4.27. The summed E-state index contributed by atoms with van der Waals surface area (Å²) >= 11 is 1.67. The van der Waals surface area contributed by atoms with Crippen molar-refractivity contribution in [2.45, 2.75) is 27.7 Å². The van der Waals surface area contributed by atoms with Crippen LogP contribution in [0.15, 0.2) is 40.1 Å². The summed E-state index contributed by atoms with van der Waals surface area (Å²) in [6.45, 7) is 8.31. The third-order valence-corrected chi connectivity index (χ3v) is 5.74. The topological polar surface area (TPSA) is 146 Å². The summed E-state index contributed by atoms with van der Waals surface area (Å²) in [5.74, 6) is 0.283. The summed E-state index contributed by atoms with van der Waals surface area (Å²) < 4.78 is 11.5. The zero-order valence-electron chi connectivity index (χ0n) is 18.5. The van der Waals surface area contributed by atoms with Gasteiger partial charge in [-0.15, -0.1) is 16.4 Å². The van der Waals surface area contributed by atoms with Crippen LogP contribution in [0.1, 0.15) is 39.7 Å². The van der Waals surface area contributed by atoms with Crippen molar-refractivity contribution in [3.8, 4) is 22.8 Å². The molecule has 1 amide bonds. The van der Waals surface area contributed by atoms with Crippen LogP contribution in [0.3, 0.4) is 0 Å². The van der Waals surface area contributed by atoms with Gasteiger partial charge in [0.1, 0.15) is 11.4 Å². The van der Waals surface area contributed by atoms with Gasteiger partial charge in [-0.2, -0.15) is 9.78 Å². The first-order valence-corrected chi connectivity index (χ1v) is 10.9. The number of rotatable bonds is 7. The second-order valence-corrected chi connectivity index (χ2v) is 8.55. The number of hydrogen-bond donors (Lipinski definition) is 2. The second kappa shape index (κ2) is 9.20. The number of nitrogens with zero attached hydrogens (tertiary/aromatic N) is 6. The first kappa shape index (κ1) is 22.1. The Bertz CT molecular complexity index is 1320. The SMILES string of the molecule is CCOc1ccc(-c2c(C(=O)NN=C(C)c3cc(C)sc3C)nnn2-c2nonc2N)cc1. The highest BCUT2D eigenvalue weighted by Gasteiger charge is 2.25. The maximum Gasteiger partial charge on any atom is 0.294 e. The molecular weight excluding hydrogens is 444 g/mol. The van der Waals surface area contributed by atoms with E-state index in [9.17, 15) is 4.79 Å². The molecule has 0 saturated heterocycles. The summed E-state index contributed by atoms with van der Waals surface area (Å²) in [5, 5.41) is 19.8. The molecule has 0 saturated carbocycles. The molecule has 1 aromatic carbocycles. The van der Waals surface area contributed by atoms with Crippen LogP contribution in [-0.4, -0.2) is 43.5 Å². The molecule has 0 radical (unpaired) electrons. The molecule has 3 N–H and O–H groups in total. The third kappa shape index (κ3) is 4.46. The second-order valence-electron chi connectivity index (χ2n) is 7.09. The van der Waals surface area contributed by atoms with Crippen LogP contribution in [0.4, 0.5) is 5.82 Å². The van der Waals surface area contributed by atoms with Crippen LogP contribution in [0.2, 0.25) is 0 Å². The molecule has 0 aliphatic rings. The van der Waals surface area contributed by atoms with Crippen LogP contribution in [-0.2, 0) is 0 Å². The molecular formula is C21H22N8O3S. The first-order chi connectivity index (χ1) is 15.9. The fraction of sp³-hybridized carbons (Fsp3) is 0.238. The van der Waals surface area contributed by atoms with Gasteiger partial charge in [-0.25, -0.2) is 10.1 Å². The number of aryl methyl sites for hydroxylation is 2. The van der Waals surface area contributed by atoms with E-state index < -0.39 is 5.91 Å². The number of hydrogen-bond acceptors (Lipinski definition) is 10.